The number of aromatic nitrogens is 2. The maximum Gasteiger partial charge on any atom is 0.259 e. The Morgan fingerprint density at radius 3 is 2.86 bits per heavy atom. The third kappa shape index (κ3) is 4.44. The van der Waals surface area contributed by atoms with Gasteiger partial charge in [-0.3, -0.25) is 14.4 Å². The number of carbonyl (C=O) groups is 3. The first-order chi connectivity index (χ1) is 17.1. The van der Waals surface area contributed by atoms with Gasteiger partial charge in [-0.1, -0.05) is 24.3 Å². The molecule has 0 saturated carbocycles. The molecule has 9 nitrogen and oxygen atoms in total. The average Bonchev–Trinajstić information content (AvgIpc) is 3.51. The number of nitrogens with one attached hydrogen (secondary N) is 1. The molecule has 0 radical (unpaired) electrons. The molecule has 5 heterocycles. The SMILES string of the molecule is Cc1c(/C=C/[C@@H]2C[C@H](SC3=C(C(=O)I)N4C(=O)[C@H]([C@@H](C)O)[C@H]4[C@H]3C)CN2)sc2c[n+](CC(N)=O)cn12. The Balaban J connectivity index is 1.26. The van der Waals surface area contributed by atoms with Gasteiger partial charge in [0.15, 0.2) is 6.54 Å². The molecule has 192 valence electrons. The van der Waals surface area contributed by atoms with E-state index in [2.05, 4.69) is 35.7 Å². The number of aliphatic hydroxyl groups is 1. The van der Waals surface area contributed by atoms with Crippen LogP contribution in [0.2, 0.25) is 0 Å². The van der Waals surface area contributed by atoms with Gasteiger partial charge in [0.05, 0.1) is 22.9 Å². The minimum atomic E-state index is -0.722. The van der Waals surface area contributed by atoms with Gasteiger partial charge in [-0.05, 0) is 26.3 Å². The fourth-order valence-corrected chi connectivity index (χ4v) is 8.83. The zero-order chi connectivity index (χ0) is 25.9. The van der Waals surface area contributed by atoms with Gasteiger partial charge in [0, 0.05) is 51.3 Å². The van der Waals surface area contributed by atoms with Crippen LogP contribution in [0.1, 0.15) is 30.8 Å². The maximum absolute atomic E-state index is 12.7. The van der Waals surface area contributed by atoms with Gasteiger partial charge in [-0.25, -0.2) is 4.57 Å². The summed E-state index contributed by atoms with van der Waals surface area (Å²) in [5, 5.41) is 13.9. The van der Waals surface area contributed by atoms with E-state index in [1.54, 1.807) is 62.1 Å². The zero-order valence-electron chi connectivity index (χ0n) is 20.2. The normalized spacial score (nSPS) is 28.9. The first-order valence-electron chi connectivity index (χ1n) is 11.9. The lowest BCUT2D eigenvalue weighted by Crippen LogP contribution is -2.63. The highest BCUT2D eigenvalue weighted by Gasteiger charge is 2.59. The number of aliphatic hydroxyl groups excluding tert-OH is 1. The van der Waals surface area contributed by atoms with E-state index in [1.807, 2.05) is 12.5 Å². The van der Waals surface area contributed by atoms with Gasteiger partial charge in [0.25, 0.3) is 5.91 Å². The van der Waals surface area contributed by atoms with E-state index in [9.17, 15) is 19.5 Å². The molecule has 0 aliphatic carbocycles. The fraction of sp³-hybridized carbons (Fsp3) is 0.500. The Morgan fingerprint density at radius 2 is 2.22 bits per heavy atom. The molecule has 36 heavy (non-hydrogen) atoms. The minimum Gasteiger partial charge on any atom is -0.393 e. The fourth-order valence-electron chi connectivity index (χ4n) is 5.51. The molecule has 2 aromatic rings. The smallest absolute Gasteiger partial charge is 0.259 e. The predicted molar refractivity (Wildman–Crippen MR) is 147 cm³/mol. The van der Waals surface area contributed by atoms with Crippen LogP contribution in [0.25, 0.3) is 10.9 Å². The number of fused-ring (bicyclic) bond motifs is 2. The van der Waals surface area contributed by atoms with Crippen molar-refractivity contribution in [1.82, 2.24) is 14.6 Å². The molecule has 0 unspecified atom stereocenters. The van der Waals surface area contributed by atoms with E-state index in [0.717, 1.165) is 33.3 Å². The Labute approximate surface area is 230 Å². The molecule has 0 aromatic carbocycles. The predicted octanol–water partition coefficient (Wildman–Crippen LogP) is 1.59. The Kier molecular flexibility index (Phi) is 7.09. The van der Waals surface area contributed by atoms with E-state index >= 15 is 0 Å². The number of hydrogen-bond acceptors (Lipinski definition) is 7. The van der Waals surface area contributed by atoms with E-state index < -0.39 is 12.0 Å². The van der Waals surface area contributed by atoms with Crippen LogP contribution in [0.3, 0.4) is 0 Å². The highest BCUT2D eigenvalue weighted by molar-refractivity contribution is 14.1. The molecule has 2 saturated heterocycles. The third-order valence-corrected chi connectivity index (χ3v) is 10.4. The molecule has 4 N–H and O–H groups in total. The lowest BCUT2D eigenvalue weighted by Gasteiger charge is -2.46. The van der Waals surface area contributed by atoms with Crippen molar-refractivity contribution in [2.24, 2.45) is 17.6 Å². The molecule has 2 amide bonds. The molecule has 2 fully saturated rings. The van der Waals surface area contributed by atoms with Crippen molar-refractivity contribution in [2.45, 2.75) is 57.2 Å². The summed E-state index contributed by atoms with van der Waals surface area (Å²) in [6.45, 7) is 6.74. The molecule has 5 rings (SSSR count). The van der Waals surface area contributed by atoms with Crippen molar-refractivity contribution < 1.29 is 24.1 Å². The van der Waals surface area contributed by atoms with Crippen molar-refractivity contribution in [3.05, 3.63) is 39.8 Å². The summed E-state index contributed by atoms with van der Waals surface area (Å²) in [5.41, 5.74) is 6.92. The van der Waals surface area contributed by atoms with Crippen LogP contribution in [0.4, 0.5) is 0 Å². The molecule has 0 bridgehead atoms. The summed E-state index contributed by atoms with van der Waals surface area (Å²) in [5.74, 6) is -0.920. The number of hydrogen-bond donors (Lipinski definition) is 3. The topological polar surface area (TPSA) is 121 Å². The number of carbonyl (C=O) groups excluding carboxylic acids is 3. The highest BCUT2D eigenvalue weighted by atomic mass is 127. The Morgan fingerprint density at radius 1 is 1.47 bits per heavy atom. The van der Waals surface area contributed by atoms with Crippen molar-refractivity contribution in [2.75, 3.05) is 6.54 Å². The Bertz CT molecular complexity index is 1320. The van der Waals surface area contributed by atoms with Gasteiger partial charge >= 0.3 is 0 Å². The summed E-state index contributed by atoms with van der Waals surface area (Å²) in [6, 6.07) is 0.0793. The van der Waals surface area contributed by atoms with E-state index in [-0.39, 0.29) is 45.4 Å². The average molecular weight is 643 g/mol. The number of nitrogens with two attached hydrogens (primary N) is 1. The monoisotopic (exact) mass is 642 g/mol. The van der Waals surface area contributed by atoms with Gasteiger partial charge in [0.2, 0.25) is 20.9 Å². The number of halogens is 1. The van der Waals surface area contributed by atoms with Crippen molar-refractivity contribution in [3.63, 3.8) is 0 Å². The van der Waals surface area contributed by atoms with E-state index in [1.165, 1.54) is 0 Å². The standard InChI is InChI=1S/C24H28IN5O4S2/c1-11-20-19(13(3)31)24(34)30(20)21(23(25)33)22(11)35-15-6-14(27-7-15)4-5-16-12(2)29-10-28(8-17(26)32)9-18(29)36-16/h4-5,9-11,13-15,19-20,27,31H,6-8H2,1-3H3,(H-,26,32)/p+1/b5-4+/t11-,13-,14-,15+,19-,20-/m1/s1. The van der Waals surface area contributed by atoms with Gasteiger partial charge in [-0.2, -0.15) is 4.40 Å². The number of primary amides is 1. The number of thiazole rings is 1. The van der Waals surface area contributed by atoms with Crippen LogP contribution in [-0.4, -0.2) is 60.0 Å². The quantitative estimate of drug-likeness (QED) is 0.174. The molecule has 6 atom stereocenters. The number of amides is 2. The number of rotatable bonds is 8. The molecule has 3 aliphatic rings. The highest BCUT2D eigenvalue weighted by Crippen LogP contribution is 2.52. The second kappa shape index (κ2) is 9.86. The minimum absolute atomic E-state index is 0.0328. The molecule has 12 heteroatoms. The molecule has 3 aliphatic heterocycles. The summed E-state index contributed by atoms with van der Waals surface area (Å²) in [4.78, 5) is 41.1. The Hall–Kier alpha value is -1.74. The van der Waals surface area contributed by atoms with Gasteiger partial charge in [-0.15, -0.1) is 11.8 Å². The summed E-state index contributed by atoms with van der Waals surface area (Å²) < 4.78 is 3.74. The molecule has 0 spiro atoms. The van der Waals surface area contributed by atoms with E-state index in [0.29, 0.717) is 5.70 Å². The number of aryl methyl sites for hydroxylation is 1. The lowest BCUT2D eigenvalue weighted by molar-refractivity contribution is -0.682. The second-order valence-corrected chi connectivity index (χ2v) is 13.1. The summed E-state index contributed by atoms with van der Waals surface area (Å²) >= 11 is 5.14. The van der Waals surface area contributed by atoms with Crippen LogP contribution in [0, 0.1) is 18.8 Å². The maximum atomic E-state index is 12.7. The number of thioether (sulfide) groups is 1. The largest absolute Gasteiger partial charge is 0.393 e. The first-order valence-corrected chi connectivity index (χ1v) is 14.7. The summed E-state index contributed by atoms with van der Waals surface area (Å²) in [6.07, 6.45) is 8.35. The third-order valence-electron chi connectivity index (χ3n) is 7.24. The van der Waals surface area contributed by atoms with Gasteiger partial charge < -0.3 is 21.1 Å². The number of nitrogens with zero attached hydrogens (tertiary/aromatic N) is 3. The number of imidazole rings is 1. The van der Waals surface area contributed by atoms with Crippen LogP contribution in [0.15, 0.2) is 29.2 Å². The van der Waals surface area contributed by atoms with Crippen LogP contribution in [0.5, 0.6) is 0 Å². The number of allylic oxidation sites excluding steroid dienone is 1. The van der Waals surface area contributed by atoms with Crippen molar-refractivity contribution in [1.29, 1.82) is 0 Å². The van der Waals surface area contributed by atoms with Crippen LogP contribution >= 0.6 is 45.7 Å². The number of β-lactam (4-membered cyclic amide) rings is 1. The second-order valence-electron chi connectivity index (χ2n) is 9.73. The first kappa shape index (κ1) is 25.9. The molecule has 2 aromatic heterocycles. The van der Waals surface area contributed by atoms with E-state index in [4.69, 9.17) is 5.73 Å². The van der Waals surface area contributed by atoms with Crippen molar-refractivity contribution in [3.8, 4) is 0 Å². The lowest BCUT2D eigenvalue weighted by atomic mass is 9.79. The molecular formula is C24H29IN5O4S2+. The van der Waals surface area contributed by atoms with Crippen LogP contribution in [-0.2, 0) is 20.9 Å². The summed E-state index contributed by atoms with van der Waals surface area (Å²) in [7, 11) is 0. The van der Waals surface area contributed by atoms with Crippen molar-refractivity contribution >= 4 is 72.2 Å². The molecular weight excluding hydrogens is 613 g/mol. The van der Waals surface area contributed by atoms with Crippen LogP contribution < -0.4 is 15.6 Å². The zero-order valence-corrected chi connectivity index (χ0v) is 24.0. The van der Waals surface area contributed by atoms with Gasteiger partial charge in [0.1, 0.15) is 17.6 Å².